The fraction of sp³-hybridized carbons (Fsp3) is 0.846. The van der Waals surface area contributed by atoms with E-state index in [2.05, 4.69) is 43.5 Å². The van der Waals surface area contributed by atoms with Crippen LogP contribution in [0, 0.1) is 0 Å². The average molecular weight is 378 g/mol. The summed E-state index contributed by atoms with van der Waals surface area (Å²) >= 11 is 0. The van der Waals surface area contributed by atoms with E-state index in [0.717, 1.165) is 6.42 Å². The summed E-state index contributed by atoms with van der Waals surface area (Å²) in [5.41, 5.74) is 0. The van der Waals surface area contributed by atoms with Gasteiger partial charge in [0.15, 0.2) is 0 Å². The molecule has 0 aromatic carbocycles. The van der Waals surface area contributed by atoms with Crippen molar-refractivity contribution in [2.75, 3.05) is 13.1 Å². The summed E-state index contributed by atoms with van der Waals surface area (Å²) in [4.78, 5) is 0. The van der Waals surface area contributed by atoms with Crippen molar-refractivity contribution < 1.29 is 0 Å². The zero-order valence-corrected chi connectivity index (χ0v) is 19.0. The summed E-state index contributed by atoms with van der Waals surface area (Å²) in [6, 6.07) is 0. The molecule has 27 heavy (non-hydrogen) atoms. The molecular formula is C26H51N. The molecule has 0 aliphatic carbocycles. The summed E-state index contributed by atoms with van der Waals surface area (Å²) in [5, 5.41) is 3.61. The monoisotopic (exact) mass is 377 g/mol. The van der Waals surface area contributed by atoms with Crippen molar-refractivity contribution in [1.82, 2.24) is 5.32 Å². The summed E-state index contributed by atoms with van der Waals surface area (Å²) in [6.07, 6.45) is 33.9. The van der Waals surface area contributed by atoms with E-state index in [0.29, 0.717) is 0 Å². The third kappa shape index (κ3) is 25.4. The number of rotatable bonds is 22. The Hall–Kier alpha value is -0.560. The van der Waals surface area contributed by atoms with E-state index in [9.17, 15) is 0 Å². The predicted molar refractivity (Wildman–Crippen MR) is 126 cm³/mol. The molecule has 0 spiro atoms. The number of hydrogen-bond donors (Lipinski definition) is 1. The van der Waals surface area contributed by atoms with Crippen molar-refractivity contribution in [2.45, 2.75) is 129 Å². The summed E-state index contributed by atoms with van der Waals surface area (Å²) in [5.74, 6) is 0. The first kappa shape index (κ1) is 26.4. The lowest BCUT2D eigenvalue weighted by atomic mass is 10.1. The Morgan fingerprint density at radius 3 is 1.41 bits per heavy atom. The molecule has 0 heterocycles. The molecule has 0 unspecified atom stereocenters. The molecule has 1 heteroatoms. The third-order valence-corrected chi connectivity index (χ3v) is 5.26. The normalized spacial score (nSPS) is 11.9. The van der Waals surface area contributed by atoms with Crippen LogP contribution in [-0.2, 0) is 0 Å². The Kier molecular flexibility index (Phi) is 24.9. The van der Waals surface area contributed by atoms with E-state index in [1.165, 1.54) is 122 Å². The minimum absolute atomic E-state index is 1.12. The molecule has 160 valence electrons. The lowest BCUT2D eigenvalue weighted by Crippen LogP contribution is -2.16. The zero-order chi connectivity index (χ0) is 19.7. The fourth-order valence-corrected chi connectivity index (χ4v) is 3.39. The molecule has 0 atom stereocenters. The van der Waals surface area contributed by atoms with Crippen molar-refractivity contribution in [1.29, 1.82) is 0 Å². The van der Waals surface area contributed by atoms with E-state index in [4.69, 9.17) is 0 Å². The molecule has 1 N–H and O–H groups in total. The van der Waals surface area contributed by atoms with Gasteiger partial charge in [-0.25, -0.2) is 0 Å². The van der Waals surface area contributed by atoms with Gasteiger partial charge in [0.2, 0.25) is 0 Å². The highest BCUT2D eigenvalue weighted by molar-refractivity contribution is 4.92. The van der Waals surface area contributed by atoms with Crippen molar-refractivity contribution in [2.24, 2.45) is 0 Å². The topological polar surface area (TPSA) is 12.0 Å². The lowest BCUT2D eigenvalue weighted by Gasteiger charge is -2.05. The molecule has 0 saturated heterocycles. The number of unbranched alkanes of at least 4 members (excludes halogenated alkanes) is 14. The van der Waals surface area contributed by atoms with Crippen LogP contribution in [0.15, 0.2) is 24.3 Å². The molecule has 0 bridgehead atoms. The molecule has 0 radical (unpaired) electrons. The largest absolute Gasteiger partial charge is 0.317 e. The minimum Gasteiger partial charge on any atom is -0.317 e. The predicted octanol–water partition coefficient (Wildman–Crippen LogP) is 8.75. The Bertz CT molecular complexity index is 305. The standard InChI is InChI=1S/C26H51N/c1-3-5-7-9-11-12-13-14-15-16-17-18-19-20-22-24-26-27-25-23-21-10-8-6-4-2/h11-12,14-15,27H,3-10,13,16-26H2,1-2H3. The Morgan fingerprint density at radius 2 is 0.852 bits per heavy atom. The smallest absolute Gasteiger partial charge is 0.00489 e. The van der Waals surface area contributed by atoms with Gasteiger partial charge < -0.3 is 5.32 Å². The van der Waals surface area contributed by atoms with Gasteiger partial charge in [-0.2, -0.15) is 0 Å². The Balaban J connectivity index is 3.09. The second-order valence-corrected chi connectivity index (χ2v) is 8.10. The first-order valence-electron chi connectivity index (χ1n) is 12.4. The van der Waals surface area contributed by atoms with Gasteiger partial charge in [-0.3, -0.25) is 0 Å². The fourth-order valence-electron chi connectivity index (χ4n) is 3.39. The summed E-state index contributed by atoms with van der Waals surface area (Å²) in [7, 11) is 0. The molecule has 0 amide bonds. The summed E-state index contributed by atoms with van der Waals surface area (Å²) in [6.45, 7) is 7.01. The molecule has 0 aliphatic heterocycles. The van der Waals surface area contributed by atoms with Crippen LogP contribution in [0.25, 0.3) is 0 Å². The van der Waals surface area contributed by atoms with Crippen molar-refractivity contribution in [3.8, 4) is 0 Å². The van der Waals surface area contributed by atoms with E-state index in [-0.39, 0.29) is 0 Å². The highest BCUT2D eigenvalue weighted by atomic mass is 14.8. The number of nitrogens with one attached hydrogen (secondary N) is 1. The Labute approximate surface area is 172 Å². The van der Waals surface area contributed by atoms with Gasteiger partial charge in [-0.15, -0.1) is 0 Å². The zero-order valence-electron chi connectivity index (χ0n) is 19.0. The van der Waals surface area contributed by atoms with Gasteiger partial charge in [-0.1, -0.05) is 109 Å². The molecule has 0 rings (SSSR count). The van der Waals surface area contributed by atoms with Crippen LogP contribution in [0.4, 0.5) is 0 Å². The van der Waals surface area contributed by atoms with E-state index >= 15 is 0 Å². The lowest BCUT2D eigenvalue weighted by molar-refractivity contribution is 0.541. The van der Waals surface area contributed by atoms with Gasteiger partial charge in [0.1, 0.15) is 0 Å². The molecular weight excluding hydrogens is 326 g/mol. The highest BCUT2D eigenvalue weighted by Gasteiger charge is 1.93. The molecule has 0 saturated carbocycles. The first-order valence-corrected chi connectivity index (χ1v) is 12.4. The maximum atomic E-state index is 3.61. The van der Waals surface area contributed by atoms with Crippen LogP contribution in [0.2, 0.25) is 0 Å². The van der Waals surface area contributed by atoms with Gasteiger partial charge in [0.25, 0.3) is 0 Å². The average Bonchev–Trinajstić information content (AvgIpc) is 2.68. The SMILES string of the molecule is CCCCCC=CCC=CCCCCCCCCNCCCCCCCC. The quantitative estimate of drug-likeness (QED) is 0.147. The molecule has 1 nitrogen and oxygen atoms in total. The third-order valence-electron chi connectivity index (χ3n) is 5.26. The molecule has 0 aromatic rings. The highest BCUT2D eigenvalue weighted by Crippen LogP contribution is 2.08. The Morgan fingerprint density at radius 1 is 0.444 bits per heavy atom. The van der Waals surface area contributed by atoms with Crippen LogP contribution in [0.1, 0.15) is 129 Å². The number of hydrogen-bond acceptors (Lipinski definition) is 1. The number of allylic oxidation sites excluding steroid dienone is 4. The van der Waals surface area contributed by atoms with Crippen molar-refractivity contribution in [3.63, 3.8) is 0 Å². The van der Waals surface area contributed by atoms with E-state index in [1.54, 1.807) is 0 Å². The van der Waals surface area contributed by atoms with Crippen LogP contribution >= 0.6 is 0 Å². The molecule has 0 aromatic heterocycles. The van der Waals surface area contributed by atoms with Gasteiger partial charge in [0.05, 0.1) is 0 Å². The van der Waals surface area contributed by atoms with Gasteiger partial charge >= 0.3 is 0 Å². The molecule has 0 aliphatic rings. The van der Waals surface area contributed by atoms with Crippen molar-refractivity contribution >= 4 is 0 Å². The van der Waals surface area contributed by atoms with Crippen LogP contribution in [-0.4, -0.2) is 13.1 Å². The van der Waals surface area contributed by atoms with E-state index < -0.39 is 0 Å². The van der Waals surface area contributed by atoms with Crippen LogP contribution in [0.3, 0.4) is 0 Å². The van der Waals surface area contributed by atoms with Gasteiger partial charge in [-0.05, 0) is 58.0 Å². The first-order chi connectivity index (χ1) is 13.4. The van der Waals surface area contributed by atoms with Crippen molar-refractivity contribution in [3.05, 3.63) is 24.3 Å². The minimum atomic E-state index is 1.12. The maximum absolute atomic E-state index is 3.61. The van der Waals surface area contributed by atoms with Crippen LogP contribution < -0.4 is 5.32 Å². The van der Waals surface area contributed by atoms with Crippen LogP contribution in [0.5, 0.6) is 0 Å². The second-order valence-electron chi connectivity index (χ2n) is 8.10. The summed E-state index contributed by atoms with van der Waals surface area (Å²) < 4.78 is 0. The van der Waals surface area contributed by atoms with E-state index in [1.807, 2.05) is 0 Å². The molecule has 0 fully saturated rings. The second kappa shape index (κ2) is 25.4. The maximum Gasteiger partial charge on any atom is -0.00489 e. The van der Waals surface area contributed by atoms with Gasteiger partial charge in [0, 0.05) is 0 Å².